The SMILES string of the molecule is Fc1c(Cl)ccc2[nH]c3c(c12)CCN(c1nccc(C(F)(F)F)n1)C3c1cnc(-n2cncn2)nc1. The van der Waals surface area contributed by atoms with Gasteiger partial charge in [0, 0.05) is 47.3 Å². The quantitative estimate of drug-likeness (QED) is 0.358. The number of aromatic amines is 1. The zero-order valence-electron chi connectivity index (χ0n) is 18.1. The van der Waals surface area contributed by atoms with Gasteiger partial charge in [0.05, 0.1) is 5.02 Å². The topological polar surface area (TPSA) is 101 Å². The van der Waals surface area contributed by atoms with Crippen LogP contribution in [0.1, 0.15) is 28.6 Å². The van der Waals surface area contributed by atoms with Crippen molar-refractivity contribution in [1.29, 1.82) is 0 Å². The summed E-state index contributed by atoms with van der Waals surface area (Å²) in [6, 6.07) is 3.18. The number of nitrogens with one attached hydrogen (secondary N) is 1. The molecule has 182 valence electrons. The number of hydrogen-bond donors (Lipinski definition) is 1. The number of benzene rings is 1. The van der Waals surface area contributed by atoms with Crippen molar-refractivity contribution < 1.29 is 17.6 Å². The molecule has 1 unspecified atom stereocenters. The monoisotopic (exact) mass is 515 g/mol. The van der Waals surface area contributed by atoms with Gasteiger partial charge in [0.15, 0.2) is 5.82 Å². The van der Waals surface area contributed by atoms with Crippen molar-refractivity contribution in [2.45, 2.75) is 18.6 Å². The van der Waals surface area contributed by atoms with Crippen molar-refractivity contribution in [3.63, 3.8) is 0 Å². The van der Waals surface area contributed by atoms with Gasteiger partial charge in [-0.2, -0.15) is 23.0 Å². The highest BCUT2D eigenvalue weighted by atomic mass is 35.5. The Morgan fingerprint density at radius 3 is 2.58 bits per heavy atom. The van der Waals surface area contributed by atoms with Crippen LogP contribution in [0.3, 0.4) is 0 Å². The summed E-state index contributed by atoms with van der Waals surface area (Å²) in [5.41, 5.74) is 1.20. The van der Waals surface area contributed by atoms with Crippen LogP contribution >= 0.6 is 11.6 Å². The number of H-pyrrole nitrogens is 1. The third-order valence-electron chi connectivity index (χ3n) is 5.97. The van der Waals surface area contributed by atoms with Crippen LogP contribution in [0.15, 0.2) is 49.4 Å². The van der Waals surface area contributed by atoms with E-state index in [9.17, 15) is 13.2 Å². The molecule has 4 aromatic heterocycles. The van der Waals surface area contributed by atoms with Crippen molar-refractivity contribution in [3.05, 3.63) is 82.8 Å². The molecule has 1 aliphatic heterocycles. The number of alkyl halides is 3. The average molecular weight is 516 g/mol. The number of fused-ring (bicyclic) bond motifs is 3. The third-order valence-corrected chi connectivity index (χ3v) is 6.26. The van der Waals surface area contributed by atoms with Crippen LogP contribution in [0.4, 0.5) is 23.5 Å². The van der Waals surface area contributed by atoms with Crippen molar-refractivity contribution in [2.75, 3.05) is 11.4 Å². The molecule has 1 aliphatic rings. The van der Waals surface area contributed by atoms with Crippen molar-refractivity contribution in [1.82, 2.24) is 39.7 Å². The molecule has 0 saturated heterocycles. The summed E-state index contributed by atoms with van der Waals surface area (Å²) in [7, 11) is 0. The molecule has 5 aromatic rings. The number of rotatable bonds is 3. The fraction of sp³-hybridized carbons (Fsp3) is 0.182. The minimum Gasteiger partial charge on any atom is -0.356 e. The molecule has 9 nitrogen and oxygen atoms in total. The maximum absolute atomic E-state index is 15.0. The van der Waals surface area contributed by atoms with Gasteiger partial charge in [-0.3, -0.25) is 0 Å². The minimum atomic E-state index is -4.64. The van der Waals surface area contributed by atoms with E-state index in [2.05, 4.69) is 35.0 Å². The summed E-state index contributed by atoms with van der Waals surface area (Å²) in [5.74, 6) is -0.437. The van der Waals surface area contributed by atoms with Crippen LogP contribution in [0.5, 0.6) is 0 Å². The first-order valence-corrected chi connectivity index (χ1v) is 11.0. The van der Waals surface area contributed by atoms with E-state index in [1.165, 1.54) is 35.8 Å². The predicted octanol–water partition coefficient (Wildman–Crippen LogP) is 4.29. The fourth-order valence-electron chi connectivity index (χ4n) is 4.42. The van der Waals surface area contributed by atoms with E-state index in [1.54, 1.807) is 11.0 Å². The smallest absolute Gasteiger partial charge is 0.356 e. The molecule has 36 heavy (non-hydrogen) atoms. The van der Waals surface area contributed by atoms with Crippen LogP contribution < -0.4 is 4.90 Å². The molecular formula is C22H14ClF4N9. The molecule has 6 rings (SSSR count). The Hall–Kier alpha value is -4.13. The number of hydrogen-bond acceptors (Lipinski definition) is 7. The van der Waals surface area contributed by atoms with Gasteiger partial charge in [-0.25, -0.2) is 29.3 Å². The van der Waals surface area contributed by atoms with Gasteiger partial charge >= 0.3 is 6.18 Å². The van der Waals surface area contributed by atoms with E-state index in [4.69, 9.17) is 11.6 Å². The first kappa shape index (κ1) is 22.3. The Bertz CT molecular complexity index is 1570. The Morgan fingerprint density at radius 1 is 1.06 bits per heavy atom. The summed E-state index contributed by atoms with van der Waals surface area (Å²) in [6.45, 7) is 0.211. The molecule has 0 saturated carbocycles. The molecule has 0 fully saturated rings. The molecule has 5 heterocycles. The molecule has 1 aromatic carbocycles. The van der Waals surface area contributed by atoms with Crippen molar-refractivity contribution in [2.24, 2.45) is 0 Å². The van der Waals surface area contributed by atoms with E-state index in [1.807, 2.05) is 0 Å². The summed E-state index contributed by atoms with van der Waals surface area (Å²) in [6.07, 6.45) is 2.56. The number of halogens is 5. The second-order valence-electron chi connectivity index (χ2n) is 8.04. The predicted molar refractivity (Wildman–Crippen MR) is 120 cm³/mol. The third kappa shape index (κ3) is 3.63. The second-order valence-corrected chi connectivity index (χ2v) is 8.45. The highest BCUT2D eigenvalue weighted by Crippen LogP contribution is 2.41. The normalized spacial score (nSPS) is 15.9. The minimum absolute atomic E-state index is 0.0231. The van der Waals surface area contributed by atoms with Crippen LogP contribution in [0.2, 0.25) is 5.02 Å². The molecule has 0 spiro atoms. The number of nitrogens with zero attached hydrogens (tertiary/aromatic N) is 8. The van der Waals surface area contributed by atoms with Crippen molar-refractivity contribution >= 4 is 28.5 Å². The van der Waals surface area contributed by atoms with E-state index in [-0.39, 0.29) is 23.5 Å². The Labute approximate surface area is 204 Å². The lowest BCUT2D eigenvalue weighted by Gasteiger charge is -2.36. The van der Waals surface area contributed by atoms with Crippen LogP contribution in [-0.2, 0) is 12.6 Å². The van der Waals surface area contributed by atoms with Gasteiger partial charge in [0.2, 0.25) is 5.95 Å². The van der Waals surface area contributed by atoms with Gasteiger partial charge in [0.25, 0.3) is 5.95 Å². The maximum Gasteiger partial charge on any atom is 0.433 e. The molecule has 1 N–H and O–H groups in total. The second kappa shape index (κ2) is 8.22. The van der Waals surface area contributed by atoms with E-state index < -0.39 is 23.7 Å². The summed E-state index contributed by atoms with van der Waals surface area (Å²) >= 11 is 6.03. The highest BCUT2D eigenvalue weighted by Gasteiger charge is 2.37. The standard InChI is InChI=1S/C22H14ClF4N9/c23-13-1-2-14-16(17(13)24)12-4-6-35(21-29-5-3-15(34-21)22(25,26)27)19(18(12)33-14)11-7-30-20(31-8-11)36-10-28-9-32-36/h1-3,5,7-10,19,33H,4,6H2. The molecule has 0 radical (unpaired) electrons. The lowest BCUT2D eigenvalue weighted by Crippen LogP contribution is -2.38. The molecule has 14 heteroatoms. The largest absolute Gasteiger partial charge is 0.433 e. The van der Waals surface area contributed by atoms with Gasteiger partial charge in [-0.05, 0) is 30.2 Å². The zero-order valence-corrected chi connectivity index (χ0v) is 18.8. The van der Waals surface area contributed by atoms with E-state index in [0.29, 0.717) is 34.1 Å². The van der Waals surface area contributed by atoms with Crippen molar-refractivity contribution in [3.8, 4) is 5.95 Å². The lowest BCUT2D eigenvalue weighted by molar-refractivity contribution is -0.141. The molecule has 0 aliphatic carbocycles. The Kier molecular flexibility index (Phi) is 5.10. The molecular weight excluding hydrogens is 502 g/mol. The van der Waals surface area contributed by atoms with Crippen LogP contribution in [-0.4, -0.2) is 46.2 Å². The summed E-state index contributed by atoms with van der Waals surface area (Å²) in [5, 5.41) is 4.31. The molecule has 0 bridgehead atoms. The number of anilines is 1. The van der Waals surface area contributed by atoms with E-state index in [0.717, 1.165) is 12.3 Å². The number of aromatic nitrogens is 8. The highest BCUT2D eigenvalue weighted by molar-refractivity contribution is 6.31. The summed E-state index contributed by atoms with van der Waals surface area (Å²) in [4.78, 5) is 25.2. The van der Waals surface area contributed by atoms with E-state index >= 15 is 4.39 Å². The maximum atomic E-state index is 15.0. The molecule has 1 atom stereocenters. The van der Waals surface area contributed by atoms with Gasteiger partial charge in [-0.15, -0.1) is 0 Å². The lowest BCUT2D eigenvalue weighted by atomic mass is 9.94. The first-order valence-electron chi connectivity index (χ1n) is 10.6. The zero-order chi connectivity index (χ0) is 25.0. The van der Waals surface area contributed by atoms with Crippen LogP contribution in [0.25, 0.3) is 16.9 Å². The van der Waals surface area contributed by atoms with Gasteiger partial charge < -0.3 is 9.88 Å². The fourth-order valence-corrected chi connectivity index (χ4v) is 4.58. The Morgan fingerprint density at radius 2 is 1.86 bits per heavy atom. The molecule has 0 amide bonds. The van der Waals surface area contributed by atoms with Gasteiger partial charge in [0.1, 0.15) is 24.4 Å². The van der Waals surface area contributed by atoms with Gasteiger partial charge in [-0.1, -0.05) is 11.6 Å². The summed E-state index contributed by atoms with van der Waals surface area (Å²) < 4.78 is 56.6. The Balaban J connectivity index is 1.52. The average Bonchev–Trinajstić information content (AvgIpc) is 3.54. The van der Waals surface area contributed by atoms with Crippen LogP contribution in [0, 0.1) is 5.82 Å². The first-order chi connectivity index (χ1) is 17.3.